The fraction of sp³-hybridized carbons (Fsp3) is 0.944. The van der Waals surface area contributed by atoms with Crippen LogP contribution in [0.25, 0.3) is 0 Å². The third-order valence-electron chi connectivity index (χ3n) is 5.33. The Balaban J connectivity index is 2.21. The lowest BCUT2D eigenvalue weighted by Crippen LogP contribution is -2.64. The van der Waals surface area contributed by atoms with Crippen molar-refractivity contribution in [1.29, 1.82) is 0 Å². The largest absolute Gasteiger partial charge is 0.368 e. The summed E-state index contributed by atoms with van der Waals surface area (Å²) in [6, 6.07) is 0.463. The van der Waals surface area contributed by atoms with Crippen molar-refractivity contribution in [3.05, 3.63) is 0 Å². The number of hydrogen-bond donors (Lipinski definition) is 2. The average Bonchev–Trinajstić information content (AvgIpc) is 2.52. The molecule has 3 heteroatoms. The zero-order chi connectivity index (χ0) is 15.7. The lowest BCUT2D eigenvalue weighted by atomic mass is 9.58. The first-order valence-corrected chi connectivity index (χ1v) is 8.72. The number of carbonyl (C=O) groups is 1. The van der Waals surface area contributed by atoms with Gasteiger partial charge in [0.05, 0.1) is 5.54 Å². The topological polar surface area (TPSA) is 55.1 Å². The molecule has 3 nitrogen and oxygen atoms in total. The lowest BCUT2D eigenvalue weighted by Gasteiger charge is -2.52. The van der Waals surface area contributed by atoms with E-state index in [1.165, 1.54) is 38.5 Å². The van der Waals surface area contributed by atoms with Crippen LogP contribution in [-0.2, 0) is 4.79 Å². The first-order chi connectivity index (χ1) is 9.64. The Bertz CT molecular complexity index is 363. The number of hydrogen-bond acceptors (Lipinski definition) is 2. The van der Waals surface area contributed by atoms with Gasteiger partial charge in [-0.25, -0.2) is 0 Å². The van der Waals surface area contributed by atoms with E-state index in [4.69, 9.17) is 5.73 Å². The summed E-state index contributed by atoms with van der Waals surface area (Å²) in [7, 11) is 0. The number of amides is 1. The molecule has 0 aromatic rings. The fourth-order valence-electron chi connectivity index (χ4n) is 5.28. The molecule has 2 aliphatic carbocycles. The molecular formula is C18H34N2O. The molecule has 21 heavy (non-hydrogen) atoms. The van der Waals surface area contributed by atoms with Crippen LogP contribution in [0.2, 0.25) is 0 Å². The van der Waals surface area contributed by atoms with Gasteiger partial charge in [-0.15, -0.1) is 0 Å². The molecule has 2 rings (SSSR count). The maximum absolute atomic E-state index is 12.4. The highest BCUT2D eigenvalue weighted by molar-refractivity contribution is 5.85. The molecular weight excluding hydrogens is 260 g/mol. The van der Waals surface area contributed by atoms with Crippen molar-refractivity contribution in [1.82, 2.24) is 5.32 Å². The highest BCUT2D eigenvalue weighted by Gasteiger charge is 2.51. The maximum Gasteiger partial charge on any atom is 0.237 e. The van der Waals surface area contributed by atoms with Crippen LogP contribution in [0.5, 0.6) is 0 Å². The van der Waals surface area contributed by atoms with Gasteiger partial charge in [0.15, 0.2) is 0 Å². The van der Waals surface area contributed by atoms with E-state index in [-0.39, 0.29) is 16.7 Å². The molecule has 0 radical (unpaired) electrons. The van der Waals surface area contributed by atoms with Crippen LogP contribution in [0.1, 0.15) is 85.5 Å². The molecule has 0 aliphatic heterocycles. The van der Waals surface area contributed by atoms with Crippen LogP contribution in [0.15, 0.2) is 0 Å². The van der Waals surface area contributed by atoms with Crippen molar-refractivity contribution in [2.75, 3.05) is 0 Å². The molecule has 0 aromatic carbocycles. The van der Waals surface area contributed by atoms with E-state index in [9.17, 15) is 4.79 Å². The number of nitrogens with one attached hydrogen (secondary N) is 1. The minimum atomic E-state index is -0.514. The molecule has 0 atom stereocenters. The second-order valence-electron chi connectivity index (χ2n) is 9.14. The Hall–Kier alpha value is -0.570. The van der Waals surface area contributed by atoms with E-state index in [0.717, 1.165) is 19.3 Å². The fourth-order valence-corrected chi connectivity index (χ4v) is 5.28. The van der Waals surface area contributed by atoms with E-state index >= 15 is 0 Å². The van der Waals surface area contributed by atoms with E-state index < -0.39 is 5.54 Å². The van der Waals surface area contributed by atoms with Crippen molar-refractivity contribution < 1.29 is 4.79 Å². The molecule has 122 valence electrons. The van der Waals surface area contributed by atoms with E-state index in [1.807, 2.05) is 0 Å². The van der Waals surface area contributed by atoms with Crippen molar-refractivity contribution in [2.45, 2.75) is 97.1 Å². The van der Waals surface area contributed by atoms with Crippen LogP contribution in [0.4, 0.5) is 0 Å². The molecule has 0 bridgehead atoms. The molecule has 2 saturated carbocycles. The van der Waals surface area contributed by atoms with E-state index in [0.29, 0.717) is 6.04 Å². The highest BCUT2D eigenvalue weighted by atomic mass is 16.1. The number of rotatable bonds is 3. The molecule has 0 saturated heterocycles. The third kappa shape index (κ3) is 4.21. The van der Waals surface area contributed by atoms with Gasteiger partial charge in [0.25, 0.3) is 0 Å². The summed E-state index contributed by atoms with van der Waals surface area (Å²) in [5, 5.41) is 3.75. The Labute approximate surface area is 130 Å². The summed E-state index contributed by atoms with van der Waals surface area (Å²) < 4.78 is 0. The average molecular weight is 294 g/mol. The van der Waals surface area contributed by atoms with Crippen LogP contribution in [0.3, 0.4) is 0 Å². The lowest BCUT2D eigenvalue weighted by molar-refractivity contribution is -0.131. The summed E-state index contributed by atoms with van der Waals surface area (Å²) in [6.45, 7) is 9.11. The van der Waals surface area contributed by atoms with E-state index in [1.54, 1.807) is 0 Å². The molecule has 2 aliphatic rings. The molecule has 0 unspecified atom stereocenters. The Morgan fingerprint density at radius 3 is 1.81 bits per heavy atom. The van der Waals surface area contributed by atoms with Crippen LogP contribution in [0, 0.1) is 10.8 Å². The van der Waals surface area contributed by atoms with Crippen molar-refractivity contribution >= 4 is 5.91 Å². The minimum Gasteiger partial charge on any atom is -0.368 e. The molecule has 0 aromatic heterocycles. The van der Waals surface area contributed by atoms with Crippen LogP contribution >= 0.6 is 0 Å². The zero-order valence-corrected chi connectivity index (χ0v) is 14.4. The van der Waals surface area contributed by atoms with Gasteiger partial charge < -0.3 is 11.1 Å². The van der Waals surface area contributed by atoms with Gasteiger partial charge in [-0.2, -0.15) is 0 Å². The molecule has 1 amide bonds. The molecule has 0 heterocycles. The monoisotopic (exact) mass is 294 g/mol. The number of nitrogens with two attached hydrogens (primary N) is 1. The number of primary amides is 1. The summed E-state index contributed by atoms with van der Waals surface area (Å²) in [4.78, 5) is 12.4. The predicted octanol–water partition coefficient (Wildman–Crippen LogP) is 3.76. The summed E-state index contributed by atoms with van der Waals surface area (Å²) in [5.74, 6) is -0.146. The standard InChI is InChI=1S/C18H34N2O/c1-16(2)11-17(3,4)13-18(12-16,15(19)21)20-14-9-7-5-6-8-10-14/h14,20H,5-13H2,1-4H3,(H2,19,21). The van der Waals surface area contributed by atoms with Gasteiger partial charge in [0, 0.05) is 6.04 Å². The molecule has 2 fully saturated rings. The van der Waals surface area contributed by atoms with Crippen molar-refractivity contribution in [3.8, 4) is 0 Å². The maximum atomic E-state index is 12.4. The predicted molar refractivity (Wildman–Crippen MR) is 88.0 cm³/mol. The second-order valence-corrected chi connectivity index (χ2v) is 9.14. The van der Waals surface area contributed by atoms with Crippen molar-refractivity contribution in [3.63, 3.8) is 0 Å². The molecule has 0 spiro atoms. The quantitative estimate of drug-likeness (QED) is 0.779. The Morgan fingerprint density at radius 1 is 0.905 bits per heavy atom. The first-order valence-electron chi connectivity index (χ1n) is 8.72. The van der Waals surface area contributed by atoms with Crippen LogP contribution < -0.4 is 11.1 Å². The highest BCUT2D eigenvalue weighted by Crippen LogP contribution is 2.50. The smallest absolute Gasteiger partial charge is 0.237 e. The van der Waals surface area contributed by atoms with Gasteiger partial charge >= 0.3 is 0 Å². The summed E-state index contributed by atoms with van der Waals surface area (Å²) in [6.07, 6.45) is 10.5. The second kappa shape index (κ2) is 5.91. The van der Waals surface area contributed by atoms with Crippen molar-refractivity contribution in [2.24, 2.45) is 16.6 Å². The normalized spacial score (nSPS) is 28.8. The zero-order valence-electron chi connectivity index (χ0n) is 14.4. The van der Waals surface area contributed by atoms with Crippen LogP contribution in [-0.4, -0.2) is 17.5 Å². The van der Waals surface area contributed by atoms with Gasteiger partial charge in [-0.3, -0.25) is 4.79 Å². The Kier molecular flexibility index (Phi) is 4.72. The minimum absolute atomic E-state index is 0.146. The first kappa shape index (κ1) is 16.8. The van der Waals surface area contributed by atoms with E-state index in [2.05, 4.69) is 33.0 Å². The molecule has 3 N–H and O–H groups in total. The van der Waals surface area contributed by atoms with Gasteiger partial charge in [0.2, 0.25) is 5.91 Å². The van der Waals surface area contributed by atoms with Gasteiger partial charge in [0.1, 0.15) is 0 Å². The summed E-state index contributed by atoms with van der Waals surface area (Å²) >= 11 is 0. The third-order valence-corrected chi connectivity index (χ3v) is 5.33. The Morgan fingerprint density at radius 2 is 1.38 bits per heavy atom. The van der Waals surface area contributed by atoms with Gasteiger partial charge in [-0.1, -0.05) is 53.4 Å². The summed E-state index contributed by atoms with van der Waals surface area (Å²) in [5.41, 5.74) is 5.71. The number of carbonyl (C=O) groups excluding carboxylic acids is 1. The van der Waals surface area contributed by atoms with Gasteiger partial charge in [-0.05, 0) is 42.9 Å². The SMILES string of the molecule is CC1(C)CC(C)(C)CC(NC2CCCCCC2)(C(N)=O)C1.